The number of carbonyl (C=O) groups excluding carboxylic acids is 2. The van der Waals surface area contributed by atoms with Crippen LogP contribution in [-0.4, -0.2) is 49.9 Å². The van der Waals surface area contributed by atoms with Crippen LogP contribution in [0.3, 0.4) is 0 Å². The van der Waals surface area contributed by atoms with E-state index >= 15 is 0 Å². The van der Waals surface area contributed by atoms with Crippen molar-refractivity contribution in [3.63, 3.8) is 0 Å². The number of sulfonamides is 1. The van der Waals surface area contributed by atoms with Gasteiger partial charge in [-0.05, 0) is 76.6 Å². The standard InChI is InChI=1S/C30H36BrN3O5S/c1-6-39-27-18-11-10-17-26(27)34(40(37,38)25-15-8-7-9-16-25)21-28(35)33(20-23-13-12-14-24(31)19-23)22(2)29(36)32-30(3,4)5/h7-19,22H,6,20-21H2,1-5H3,(H,32,36)/t22-/m0/s1. The maximum Gasteiger partial charge on any atom is 0.264 e. The van der Waals surface area contributed by atoms with Crippen LogP contribution in [-0.2, 0) is 26.2 Å². The number of para-hydroxylation sites is 2. The summed E-state index contributed by atoms with van der Waals surface area (Å²) >= 11 is 3.46. The van der Waals surface area contributed by atoms with Crippen LogP contribution in [0.4, 0.5) is 5.69 Å². The number of amides is 2. The quantitative estimate of drug-likeness (QED) is 0.307. The number of carbonyl (C=O) groups is 2. The Morgan fingerprint density at radius 3 is 2.25 bits per heavy atom. The molecule has 0 saturated carbocycles. The van der Waals surface area contributed by atoms with E-state index in [0.29, 0.717) is 12.4 Å². The van der Waals surface area contributed by atoms with Crippen molar-refractivity contribution in [1.82, 2.24) is 10.2 Å². The summed E-state index contributed by atoms with van der Waals surface area (Å²) in [6, 6.07) is 21.2. The first-order chi connectivity index (χ1) is 18.8. The van der Waals surface area contributed by atoms with E-state index in [-0.39, 0.29) is 23.0 Å². The van der Waals surface area contributed by atoms with Crippen LogP contribution in [0.5, 0.6) is 5.75 Å². The molecule has 10 heteroatoms. The third-order valence-electron chi connectivity index (χ3n) is 5.95. The first-order valence-electron chi connectivity index (χ1n) is 13.0. The third kappa shape index (κ3) is 8.08. The van der Waals surface area contributed by atoms with Gasteiger partial charge in [-0.3, -0.25) is 13.9 Å². The van der Waals surface area contributed by atoms with Gasteiger partial charge in [0, 0.05) is 16.6 Å². The highest BCUT2D eigenvalue weighted by Gasteiger charge is 2.34. The fourth-order valence-electron chi connectivity index (χ4n) is 4.06. The van der Waals surface area contributed by atoms with Gasteiger partial charge in [0.2, 0.25) is 11.8 Å². The Bertz CT molecular complexity index is 1420. The molecular weight excluding hydrogens is 594 g/mol. The van der Waals surface area contributed by atoms with E-state index in [2.05, 4.69) is 21.2 Å². The molecule has 3 aromatic rings. The largest absolute Gasteiger partial charge is 0.492 e. The summed E-state index contributed by atoms with van der Waals surface area (Å²) in [6.45, 7) is 8.88. The molecule has 0 fully saturated rings. The summed E-state index contributed by atoms with van der Waals surface area (Å²) in [6.07, 6.45) is 0. The summed E-state index contributed by atoms with van der Waals surface area (Å²) in [7, 11) is -4.18. The predicted molar refractivity (Wildman–Crippen MR) is 161 cm³/mol. The molecule has 1 atom stereocenters. The Balaban J connectivity index is 2.08. The topological polar surface area (TPSA) is 96.0 Å². The van der Waals surface area contributed by atoms with Gasteiger partial charge in [-0.15, -0.1) is 0 Å². The Morgan fingerprint density at radius 1 is 0.975 bits per heavy atom. The van der Waals surface area contributed by atoms with E-state index in [1.165, 1.54) is 17.0 Å². The van der Waals surface area contributed by atoms with Gasteiger partial charge in [-0.25, -0.2) is 8.42 Å². The van der Waals surface area contributed by atoms with Crippen LogP contribution in [0.25, 0.3) is 0 Å². The minimum Gasteiger partial charge on any atom is -0.492 e. The van der Waals surface area contributed by atoms with Gasteiger partial charge in [0.1, 0.15) is 18.3 Å². The first-order valence-corrected chi connectivity index (χ1v) is 15.2. The molecule has 2 amide bonds. The van der Waals surface area contributed by atoms with Gasteiger partial charge in [0.25, 0.3) is 10.0 Å². The molecule has 40 heavy (non-hydrogen) atoms. The average molecular weight is 631 g/mol. The molecule has 0 aliphatic carbocycles. The predicted octanol–water partition coefficient (Wildman–Crippen LogP) is 5.38. The van der Waals surface area contributed by atoms with Gasteiger partial charge >= 0.3 is 0 Å². The number of nitrogens with one attached hydrogen (secondary N) is 1. The number of ether oxygens (including phenoxy) is 1. The number of halogens is 1. The molecule has 0 heterocycles. The number of hydrogen-bond donors (Lipinski definition) is 1. The molecule has 3 rings (SSSR count). The number of anilines is 1. The highest BCUT2D eigenvalue weighted by molar-refractivity contribution is 9.10. The summed E-state index contributed by atoms with van der Waals surface area (Å²) in [5.74, 6) is -0.556. The van der Waals surface area contributed by atoms with Crippen molar-refractivity contribution in [3.8, 4) is 5.75 Å². The van der Waals surface area contributed by atoms with Gasteiger partial charge < -0.3 is 15.0 Å². The lowest BCUT2D eigenvalue weighted by Gasteiger charge is -2.33. The lowest BCUT2D eigenvalue weighted by Crippen LogP contribution is -2.54. The lowest BCUT2D eigenvalue weighted by molar-refractivity contribution is -0.140. The highest BCUT2D eigenvalue weighted by atomic mass is 79.9. The Hall–Kier alpha value is -3.37. The smallest absolute Gasteiger partial charge is 0.264 e. The van der Waals surface area contributed by atoms with Crippen molar-refractivity contribution in [2.75, 3.05) is 17.5 Å². The average Bonchev–Trinajstić information content (AvgIpc) is 2.90. The lowest BCUT2D eigenvalue weighted by atomic mass is 10.1. The molecular formula is C30H36BrN3O5S. The van der Waals surface area contributed by atoms with Gasteiger partial charge in [-0.1, -0.05) is 58.4 Å². The molecule has 1 N–H and O–H groups in total. The Labute approximate surface area is 245 Å². The molecule has 0 aromatic heterocycles. The van der Waals surface area contributed by atoms with E-state index < -0.39 is 34.1 Å². The normalized spacial score (nSPS) is 12.3. The Kier molecular flexibility index (Phi) is 10.4. The fraction of sp³-hybridized carbons (Fsp3) is 0.333. The second-order valence-corrected chi connectivity index (χ2v) is 13.1. The molecule has 0 unspecified atom stereocenters. The van der Waals surface area contributed by atoms with Gasteiger partial charge in [-0.2, -0.15) is 0 Å². The summed E-state index contributed by atoms with van der Waals surface area (Å²) in [5, 5.41) is 2.92. The zero-order chi connectivity index (χ0) is 29.5. The van der Waals surface area contributed by atoms with Crippen LogP contribution in [0, 0.1) is 0 Å². The van der Waals surface area contributed by atoms with Crippen LogP contribution in [0.1, 0.15) is 40.2 Å². The number of benzene rings is 3. The highest BCUT2D eigenvalue weighted by Crippen LogP contribution is 2.33. The van der Waals surface area contributed by atoms with Crippen LogP contribution in [0.2, 0.25) is 0 Å². The van der Waals surface area contributed by atoms with E-state index in [1.807, 2.05) is 45.0 Å². The van der Waals surface area contributed by atoms with Crippen molar-refractivity contribution >= 4 is 43.5 Å². The third-order valence-corrected chi connectivity index (χ3v) is 8.22. The van der Waals surface area contributed by atoms with E-state index in [0.717, 1.165) is 14.3 Å². The van der Waals surface area contributed by atoms with Gasteiger partial charge in [0.15, 0.2) is 0 Å². The van der Waals surface area contributed by atoms with E-state index in [1.54, 1.807) is 56.3 Å². The summed E-state index contributed by atoms with van der Waals surface area (Å²) in [4.78, 5) is 28.7. The first kappa shape index (κ1) is 31.2. The summed E-state index contributed by atoms with van der Waals surface area (Å²) < 4.78 is 35.5. The molecule has 0 saturated heterocycles. The molecule has 0 aliphatic heterocycles. The maximum atomic E-state index is 14.1. The van der Waals surface area contributed by atoms with Crippen molar-refractivity contribution < 1.29 is 22.7 Å². The van der Waals surface area contributed by atoms with Gasteiger partial charge in [0.05, 0.1) is 17.2 Å². The van der Waals surface area contributed by atoms with Crippen LogP contribution in [0.15, 0.2) is 88.2 Å². The molecule has 0 radical (unpaired) electrons. The number of rotatable bonds is 11. The van der Waals surface area contributed by atoms with Crippen molar-refractivity contribution in [1.29, 1.82) is 0 Å². The van der Waals surface area contributed by atoms with Crippen molar-refractivity contribution in [2.24, 2.45) is 0 Å². The zero-order valence-corrected chi connectivity index (χ0v) is 25.8. The van der Waals surface area contributed by atoms with Crippen molar-refractivity contribution in [2.45, 2.75) is 57.6 Å². The summed E-state index contributed by atoms with van der Waals surface area (Å²) in [5.41, 5.74) is 0.496. The fourth-order valence-corrected chi connectivity index (χ4v) is 5.95. The zero-order valence-electron chi connectivity index (χ0n) is 23.4. The molecule has 0 bridgehead atoms. The minimum atomic E-state index is -4.18. The molecule has 0 aliphatic rings. The Morgan fingerprint density at radius 2 is 1.62 bits per heavy atom. The monoisotopic (exact) mass is 629 g/mol. The minimum absolute atomic E-state index is 0.0335. The SMILES string of the molecule is CCOc1ccccc1N(CC(=O)N(Cc1cccc(Br)c1)[C@@H](C)C(=O)NC(C)(C)C)S(=O)(=O)c1ccccc1. The molecule has 214 valence electrons. The van der Waals surface area contributed by atoms with Crippen molar-refractivity contribution in [3.05, 3.63) is 88.9 Å². The molecule has 3 aromatic carbocycles. The van der Waals surface area contributed by atoms with E-state index in [4.69, 9.17) is 4.74 Å². The van der Waals surface area contributed by atoms with E-state index in [9.17, 15) is 18.0 Å². The van der Waals surface area contributed by atoms with Crippen LogP contribution >= 0.6 is 15.9 Å². The second kappa shape index (κ2) is 13.3. The number of nitrogens with zero attached hydrogens (tertiary/aromatic N) is 2. The number of hydrogen-bond acceptors (Lipinski definition) is 5. The second-order valence-electron chi connectivity index (χ2n) is 10.3. The molecule has 0 spiro atoms. The molecule has 8 nitrogen and oxygen atoms in total. The maximum absolute atomic E-state index is 14.1. The van der Waals surface area contributed by atoms with Crippen LogP contribution < -0.4 is 14.4 Å².